The molecule has 3 saturated carbocycles. The molecule has 2 atom stereocenters. The van der Waals surface area contributed by atoms with E-state index in [0.717, 1.165) is 22.3 Å². The van der Waals surface area contributed by atoms with Crippen molar-refractivity contribution in [2.45, 2.75) is 61.9 Å². The fourth-order valence-corrected chi connectivity index (χ4v) is 5.35. The number of thioether (sulfide) groups is 2. The molecule has 0 saturated heterocycles. The van der Waals surface area contributed by atoms with Gasteiger partial charge in [-0.1, -0.05) is 6.42 Å². The summed E-state index contributed by atoms with van der Waals surface area (Å²) in [5.41, 5.74) is 0. The quantitative estimate of drug-likeness (QED) is 0.682. The Bertz CT molecular complexity index is 199. The summed E-state index contributed by atoms with van der Waals surface area (Å²) in [6.45, 7) is 0. The molecule has 3 aliphatic carbocycles. The van der Waals surface area contributed by atoms with Gasteiger partial charge in [0.1, 0.15) is 0 Å². The first-order valence-corrected chi connectivity index (χ1v) is 9.23. The molecular weight excluding hydrogens is 232 g/mol. The molecule has 3 fully saturated rings. The summed E-state index contributed by atoms with van der Waals surface area (Å²) in [5, 5.41) is 2.14. The molecule has 0 radical (unpaired) electrons. The van der Waals surface area contributed by atoms with Gasteiger partial charge in [-0.05, 0) is 68.3 Å². The maximum absolute atomic E-state index is 2.28. The van der Waals surface area contributed by atoms with Crippen LogP contribution in [-0.2, 0) is 0 Å². The molecule has 3 aliphatic rings. The van der Waals surface area contributed by atoms with E-state index in [4.69, 9.17) is 0 Å². The number of hydrogen-bond donors (Lipinski definition) is 0. The normalized spacial score (nSPS) is 35.2. The van der Waals surface area contributed by atoms with Gasteiger partial charge < -0.3 is 0 Å². The van der Waals surface area contributed by atoms with Crippen LogP contribution in [0.25, 0.3) is 0 Å². The van der Waals surface area contributed by atoms with Crippen molar-refractivity contribution >= 4 is 23.5 Å². The lowest BCUT2D eigenvalue weighted by atomic mass is 9.83. The van der Waals surface area contributed by atoms with E-state index in [1.807, 2.05) is 0 Å². The van der Waals surface area contributed by atoms with Gasteiger partial charge in [0.05, 0.1) is 0 Å². The van der Waals surface area contributed by atoms with Crippen LogP contribution in [0.5, 0.6) is 0 Å². The SMILES string of the molecule is C1CC(CSC2CC2)CC(CSC2CC2)C1. The van der Waals surface area contributed by atoms with Crippen LogP contribution in [0.4, 0.5) is 0 Å². The highest BCUT2D eigenvalue weighted by Gasteiger charge is 2.28. The molecule has 0 amide bonds. The van der Waals surface area contributed by atoms with Crippen molar-refractivity contribution in [3.63, 3.8) is 0 Å². The molecule has 2 heteroatoms. The summed E-state index contributed by atoms with van der Waals surface area (Å²) in [6.07, 6.45) is 12.2. The molecule has 0 heterocycles. The molecule has 0 aromatic heterocycles. The summed E-state index contributed by atoms with van der Waals surface area (Å²) < 4.78 is 0. The minimum Gasteiger partial charge on any atom is -0.158 e. The lowest BCUT2D eigenvalue weighted by Crippen LogP contribution is -2.19. The molecule has 0 aliphatic heterocycles. The highest BCUT2D eigenvalue weighted by molar-refractivity contribution is 8.00. The Morgan fingerprint density at radius 2 is 1.19 bits per heavy atom. The maximum Gasteiger partial charge on any atom is 0.00479 e. The summed E-state index contributed by atoms with van der Waals surface area (Å²) in [4.78, 5) is 0. The van der Waals surface area contributed by atoms with Gasteiger partial charge >= 0.3 is 0 Å². The second-order valence-corrected chi connectivity index (χ2v) is 8.63. The van der Waals surface area contributed by atoms with E-state index in [1.165, 1.54) is 56.5 Å². The van der Waals surface area contributed by atoms with E-state index in [2.05, 4.69) is 23.5 Å². The molecule has 2 unspecified atom stereocenters. The molecule has 0 bridgehead atoms. The fraction of sp³-hybridized carbons (Fsp3) is 1.00. The van der Waals surface area contributed by atoms with Crippen LogP contribution >= 0.6 is 23.5 Å². The van der Waals surface area contributed by atoms with Crippen molar-refractivity contribution in [1.82, 2.24) is 0 Å². The largest absolute Gasteiger partial charge is 0.158 e. The standard InChI is InChI=1S/C14H24S2/c1-2-11(9-15-13-4-5-13)8-12(3-1)10-16-14-6-7-14/h11-14H,1-10H2. The van der Waals surface area contributed by atoms with Crippen molar-refractivity contribution < 1.29 is 0 Å². The monoisotopic (exact) mass is 256 g/mol. The van der Waals surface area contributed by atoms with Crippen LogP contribution < -0.4 is 0 Å². The first-order chi connectivity index (χ1) is 7.90. The third-order valence-corrected chi connectivity index (χ3v) is 7.29. The van der Waals surface area contributed by atoms with E-state index >= 15 is 0 Å². The number of rotatable bonds is 6. The van der Waals surface area contributed by atoms with Gasteiger partial charge in [0.2, 0.25) is 0 Å². The lowest BCUT2D eigenvalue weighted by molar-refractivity contribution is 0.309. The van der Waals surface area contributed by atoms with Crippen LogP contribution in [0.1, 0.15) is 51.4 Å². The summed E-state index contributed by atoms with van der Waals surface area (Å²) in [6, 6.07) is 0. The maximum atomic E-state index is 2.28. The van der Waals surface area contributed by atoms with Gasteiger partial charge in [-0.25, -0.2) is 0 Å². The van der Waals surface area contributed by atoms with E-state index in [0.29, 0.717) is 0 Å². The lowest BCUT2D eigenvalue weighted by Gasteiger charge is -2.28. The van der Waals surface area contributed by atoms with Crippen molar-refractivity contribution in [2.75, 3.05) is 11.5 Å². The van der Waals surface area contributed by atoms with Gasteiger partial charge in [0, 0.05) is 10.5 Å². The van der Waals surface area contributed by atoms with Crippen LogP contribution in [0.2, 0.25) is 0 Å². The van der Waals surface area contributed by atoms with Crippen LogP contribution in [0.3, 0.4) is 0 Å². The van der Waals surface area contributed by atoms with Gasteiger partial charge in [-0.2, -0.15) is 23.5 Å². The Hall–Kier alpha value is 0.700. The Labute approximate surface area is 109 Å². The first-order valence-electron chi connectivity index (χ1n) is 7.13. The third-order valence-electron chi connectivity index (χ3n) is 4.08. The van der Waals surface area contributed by atoms with Crippen LogP contribution in [0.15, 0.2) is 0 Å². The van der Waals surface area contributed by atoms with E-state index in [9.17, 15) is 0 Å². The van der Waals surface area contributed by atoms with E-state index in [1.54, 1.807) is 6.42 Å². The molecule has 0 nitrogen and oxygen atoms in total. The molecule has 0 N–H and O–H groups in total. The highest BCUT2D eigenvalue weighted by atomic mass is 32.2. The Balaban J connectivity index is 1.34. The zero-order valence-corrected chi connectivity index (χ0v) is 11.8. The third kappa shape index (κ3) is 3.87. The molecule has 0 aromatic rings. The number of hydrogen-bond acceptors (Lipinski definition) is 2. The molecule has 92 valence electrons. The summed E-state index contributed by atoms with van der Waals surface area (Å²) in [7, 11) is 0. The van der Waals surface area contributed by atoms with Gasteiger partial charge in [-0.15, -0.1) is 0 Å². The van der Waals surface area contributed by atoms with E-state index < -0.39 is 0 Å². The predicted octanol–water partition coefficient (Wildman–Crippen LogP) is 4.58. The van der Waals surface area contributed by atoms with Crippen molar-refractivity contribution in [2.24, 2.45) is 11.8 Å². The van der Waals surface area contributed by atoms with E-state index in [-0.39, 0.29) is 0 Å². The Kier molecular flexibility index (Phi) is 4.09. The molecular formula is C14H24S2. The fourth-order valence-electron chi connectivity index (χ4n) is 2.72. The average molecular weight is 256 g/mol. The zero-order chi connectivity index (χ0) is 10.8. The van der Waals surface area contributed by atoms with Gasteiger partial charge in [0.25, 0.3) is 0 Å². The van der Waals surface area contributed by atoms with Crippen LogP contribution in [0, 0.1) is 11.8 Å². The van der Waals surface area contributed by atoms with Crippen molar-refractivity contribution in [1.29, 1.82) is 0 Å². The first kappa shape index (κ1) is 11.8. The van der Waals surface area contributed by atoms with Crippen molar-refractivity contribution in [3.05, 3.63) is 0 Å². The van der Waals surface area contributed by atoms with Gasteiger partial charge in [-0.3, -0.25) is 0 Å². The minimum atomic E-state index is 1.07. The highest BCUT2D eigenvalue weighted by Crippen LogP contribution is 2.41. The molecule has 0 aromatic carbocycles. The van der Waals surface area contributed by atoms with Gasteiger partial charge in [0.15, 0.2) is 0 Å². The average Bonchev–Trinajstić information content (AvgIpc) is 3.17. The molecule has 3 rings (SSSR count). The summed E-state index contributed by atoms with van der Waals surface area (Å²) in [5.74, 6) is 5.11. The smallest absolute Gasteiger partial charge is 0.00479 e. The second-order valence-electron chi connectivity index (χ2n) is 5.96. The predicted molar refractivity (Wildman–Crippen MR) is 76.4 cm³/mol. The second kappa shape index (κ2) is 5.56. The summed E-state index contributed by atoms with van der Waals surface area (Å²) >= 11 is 4.56. The zero-order valence-electron chi connectivity index (χ0n) is 10.2. The Morgan fingerprint density at radius 3 is 1.62 bits per heavy atom. The molecule has 0 spiro atoms. The van der Waals surface area contributed by atoms with Crippen molar-refractivity contribution in [3.8, 4) is 0 Å². The Morgan fingerprint density at radius 1 is 0.688 bits per heavy atom. The van der Waals surface area contributed by atoms with Crippen LogP contribution in [-0.4, -0.2) is 22.0 Å². The molecule has 16 heavy (non-hydrogen) atoms. The minimum absolute atomic E-state index is 1.07. The topological polar surface area (TPSA) is 0 Å².